The van der Waals surface area contributed by atoms with Crippen LogP contribution in [0.2, 0.25) is 0 Å². The Kier molecular flexibility index (Phi) is 3.21. The van der Waals surface area contributed by atoms with Crippen LogP contribution in [0.15, 0.2) is 24.3 Å². The highest BCUT2D eigenvalue weighted by Gasteiger charge is 2.29. The molecule has 1 saturated heterocycles. The minimum atomic E-state index is -0.191. The molecule has 2 rings (SSSR count). The van der Waals surface area contributed by atoms with Gasteiger partial charge in [0.15, 0.2) is 0 Å². The van der Waals surface area contributed by atoms with E-state index in [4.69, 9.17) is 5.26 Å². The first kappa shape index (κ1) is 11.1. The Labute approximate surface area is 95.3 Å². The first-order valence-electron chi connectivity index (χ1n) is 5.57. The lowest BCUT2D eigenvalue weighted by Gasteiger charge is -2.16. The fourth-order valence-electron chi connectivity index (χ4n) is 2.39. The van der Waals surface area contributed by atoms with Crippen molar-refractivity contribution in [3.63, 3.8) is 0 Å². The van der Waals surface area contributed by atoms with E-state index < -0.39 is 0 Å². The molecule has 1 heterocycles. The van der Waals surface area contributed by atoms with Crippen molar-refractivity contribution in [3.05, 3.63) is 35.6 Å². The van der Waals surface area contributed by atoms with E-state index in [1.165, 1.54) is 17.7 Å². The van der Waals surface area contributed by atoms with Crippen LogP contribution in [-0.2, 0) is 0 Å². The normalized spacial score (nSPS) is 25.6. The number of likely N-dealkylation sites (tertiary alicyclic amines) is 1. The van der Waals surface area contributed by atoms with Gasteiger partial charge in [-0.05, 0) is 37.0 Å². The van der Waals surface area contributed by atoms with Crippen LogP contribution < -0.4 is 0 Å². The Balaban J connectivity index is 2.08. The zero-order chi connectivity index (χ0) is 11.5. The summed E-state index contributed by atoms with van der Waals surface area (Å²) in [5, 5.41) is 8.70. The third-order valence-corrected chi connectivity index (χ3v) is 3.32. The van der Waals surface area contributed by atoms with E-state index in [9.17, 15) is 4.39 Å². The van der Waals surface area contributed by atoms with E-state index in [1.807, 2.05) is 12.1 Å². The molecule has 2 nitrogen and oxygen atoms in total. The summed E-state index contributed by atoms with van der Waals surface area (Å²) in [5.41, 5.74) is 1.17. The van der Waals surface area contributed by atoms with Crippen molar-refractivity contribution in [1.29, 1.82) is 5.26 Å². The SMILES string of the molecule is CC1CC(c2ccc(F)cc2)CN1CC#N. The maximum absolute atomic E-state index is 12.8. The van der Waals surface area contributed by atoms with Crippen molar-refractivity contribution in [1.82, 2.24) is 4.90 Å². The van der Waals surface area contributed by atoms with Crippen molar-refractivity contribution < 1.29 is 4.39 Å². The highest BCUT2D eigenvalue weighted by Crippen LogP contribution is 2.31. The van der Waals surface area contributed by atoms with Crippen LogP contribution in [0, 0.1) is 17.1 Å². The molecule has 0 radical (unpaired) electrons. The highest BCUT2D eigenvalue weighted by molar-refractivity contribution is 5.22. The smallest absolute Gasteiger partial charge is 0.123 e. The van der Waals surface area contributed by atoms with Crippen molar-refractivity contribution >= 4 is 0 Å². The average Bonchev–Trinajstić information content (AvgIpc) is 2.62. The molecule has 0 bridgehead atoms. The molecule has 0 amide bonds. The molecule has 84 valence electrons. The number of nitrogens with zero attached hydrogens (tertiary/aromatic N) is 2. The van der Waals surface area contributed by atoms with Crippen molar-refractivity contribution in [3.8, 4) is 6.07 Å². The molecule has 0 spiro atoms. The minimum Gasteiger partial charge on any atom is -0.287 e. The Bertz CT molecular complexity index is 393. The van der Waals surface area contributed by atoms with E-state index in [0.29, 0.717) is 18.5 Å². The van der Waals surface area contributed by atoms with Crippen molar-refractivity contribution in [2.24, 2.45) is 0 Å². The first-order valence-corrected chi connectivity index (χ1v) is 5.57. The van der Waals surface area contributed by atoms with Crippen LogP contribution in [0.3, 0.4) is 0 Å². The number of benzene rings is 1. The summed E-state index contributed by atoms with van der Waals surface area (Å²) < 4.78 is 12.8. The lowest BCUT2D eigenvalue weighted by Crippen LogP contribution is -2.27. The van der Waals surface area contributed by atoms with Crippen molar-refractivity contribution in [2.45, 2.75) is 25.3 Å². The number of halogens is 1. The molecule has 0 aliphatic carbocycles. The summed E-state index contributed by atoms with van der Waals surface area (Å²) in [6.07, 6.45) is 1.05. The largest absolute Gasteiger partial charge is 0.287 e. The maximum atomic E-state index is 12.8. The van der Waals surface area contributed by atoms with Gasteiger partial charge in [-0.3, -0.25) is 4.90 Å². The Hall–Kier alpha value is -1.40. The summed E-state index contributed by atoms with van der Waals surface area (Å²) >= 11 is 0. The molecule has 1 aromatic carbocycles. The Morgan fingerprint density at radius 3 is 2.75 bits per heavy atom. The van der Waals surface area contributed by atoms with Gasteiger partial charge in [-0.15, -0.1) is 0 Å². The zero-order valence-corrected chi connectivity index (χ0v) is 9.36. The topological polar surface area (TPSA) is 27.0 Å². The summed E-state index contributed by atoms with van der Waals surface area (Å²) in [5.74, 6) is 0.243. The Morgan fingerprint density at radius 1 is 1.44 bits per heavy atom. The minimum absolute atomic E-state index is 0.191. The summed E-state index contributed by atoms with van der Waals surface area (Å²) in [6.45, 7) is 3.53. The Morgan fingerprint density at radius 2 is 2.12 bits per heavy atom. The fourth-order valence-corrected chi connectivity index (χ4v) is 2.39. The molecule has 3 heteroatoms. The molecule has 1 aliphatic rings. The molecule has 2 atom stereocenters. The molecule has 0 aromatic heterocycles. The second-order valence-corrected chi connectivity index (χ2v) is 4.42. The number of hydrogen-bond donors (Lipinski definition) is 0. The van der Waals surface area contributed by atoms with Crippen LogP contribution in [0.1, 0.15) is 24.8 Å². The van der Waals surface area contributed by atoms with Gasteiger partial charge in [0.25, 0.3) is 0 Å². The number of nitriles is 1. The van der Waals surface area contributed by atoms with Gasteiger partial charge in [0, 0.05) is 12.6 Å². The standard InChI is InChI=1S/C13H15FN2/c1-10-8-12(9-16(10)7-6-15)11-2-4-13(14)5-3-11/h2-5,10,12H,7-9H2,1H3. The molecule has 0 N–H and O–H groups in total. The molecule has 1 aliphatic heterocycles. The summed E-state index contributed by atoms with van der Waals surface area (Å²) in [7, 11) is 0. The monoisotopic (exact) mass is 218 g/mol. The lowest BCUT2D eigenvalue weighted by molar-refractivity contribution is 0.300. The van der Waals surface area contributed by atoms with E-state index in [2.05, 4.69) is 17.9 Å². The van der Waals surface area contributed by atoms with E-state index in [1.54, 1.807) is 0 Å². The van der Waals surface area contributed by atoms with Crippen LogP contribution in [-0.4, -0.2) is 24.0 Å². The summed E-state index contributed by atoms with van der Waals surface area (Å²) in [6, 6.07) is 9.34. The van der Waals surface area contributed by atoms with E-state index in [-0.39, 0.29) is 5.82 Å². The molecule has 0 saturated carbocycles. The predicted octanol–water partition coefficient (Wildman–Crippen LogP) is 2.53. The number of hydrogen-bond acceptors (Lipinski definition) is 2. The third-order valence-electron chi connectivity index (χ3n) is 3.32. The van der Waals surface area contributed by atoms with Crippen LogP contribution in [0.25, 0.3) is 0 Å². The predicted molar refractivity (Wildman–Crippen MR) is 60.4 cm³/mol. The second kappa shape index (κ2) is 4.63. The van der Waals surface area contributed by atoms with E-state index >= 15 is 0 Å². The van der Waals surface area contributed by atoms with Gasteiger partial charge >= 0.3 is 0 Å². The van der Waals surface area contributed by atoms with Gasteiger partial charge in [-0.25, -0.2) is 4.39 Å². The molecule has 1 aromatic rings. The molecule has 16 heavy (non-hydrogen) atoms. The molecular formula is C13H15FN2. The zero-order valence-electron chi connectivity index (χ0n) is 9.36. The quantitative estimate of drug-likeness (QED) is 0.713. The fraction of sp³-hybridized carbons (Fsp3) is 0.462. The maximum Gasteiger partial charge on any atom is 0.123 e. The molecular weight excluding hydrogens is 203 g/mol. The molecule has 1 fully saturated rings. The van der Waals surface area contributed by atoms with Crippen LogP contribution in [0.4, 0.5) is 4.39 Å². The van der Waals surface area contributed by atoms with Crippen LogP contribution in [0.5, 0.6) is 0 Å². The van der Waals surface area contributed by atoms with Gasteiger partial charge in [0.1, 0.15) is 5.82 Å². The van der Waals surface area contributed by atoms with Crippen LogP contribution >= 0.6 is 0 Å². The lowest BCUT2D eigenvalue weighted by atomic mass is 9.97. The third kappa shape index (κ3) is 2.23. The van der Waals surface area contributed by atoms with Gasteiger partial charge in [0.2, 0.25) is 0 Å². The van der Waals surface area contributed by atoms with Crippen molar-refractivity contribution in [2.75, 3.05) is 13.1 Å². The molecule has 2 unspecified atom stereocenters. The van der Waals surface area contributed by atoms with E-state index in [0.717, 1.165) is 13.0 Å². The van der Waals surface area contributed by atoms with Gasteiger partial charge in [-0.2, -0.15) is 5.26 Å². The highest BCUT2D eigenvalue weighted by atomic mass is 19.1. The second-order valence-electron chi connectivity index (χ2n) is 4.42. The van der Waals surface area contributed by atoms with Gasteiger partial charge in [-0.1, -0.05) is 12.1 Å². The first-order chi connectivity index (χ1) is 7.70. The average molecular weight is 218 g/mol. The number of rotatable bonds is 2. The van der Waals surface area contributed by atoms with Gasteiger partial charge < -0.3 is 0 Å². The summed E-state index contributed by atoms with van der Waals surface area (Å²) in [4.78, 5) is 2.17. The van der Waals surface area contributed by atoms with Gasteiger partial charge in [0.05, 0.1) is 12.6 Å².